The molecule has 2 heterocycles. The van der Waals surface area contributed by atoms with Crippen LogP contribution >= 0.6 is 0 Å². The lowest BCUT2D eigenvalue weighted by Crippen LogP contribution is -2.36. The number of aromatic nitrogens is 2. The second-order valence-electron chi connectivity index (χ2n) is 7.32. The number of hydrogen-bond donors (Lipinski definition) is 1. The molecule has 1 saturated heterocycles. The van der Waals surface area contributed by atoms with Crippen LogP contribution in [0.2, 0.25) is 0 Å². The van der Waals surface area contributed by atoms with Crippen molar-refractivity contribution in [3.05, 3.63) is 71.4 Å². The molecule has 0 spiro atoms. The first kappa shape index (κ1) is 21.0. The summed E-state index contributed by atoms with van der Waals surface area (Å²) in [6, 6.07) is 12.2. The molecule has 1 amide bonds. The molecule has 1 aliphatic rings. The second kappa shape index (κ2) is 8.46. The minimum absolute atomic E-state index is 0.0285. The molecule has 162 valence electrons. The fourth-order valence-electron chi connectivity index (χ4n) is 3.44. The topological polar surface area (TPSA) is 71.3 Å². The third kappa shape index (κ3) is 5.08. The van der Waals surface area contributed by atoms with Gasteiger partial charge in [-0.3, -0.25) is 9.69 Å². The first-order valence-corrected chi connectivity index (χ1v) is 9.57. The van der Waals surface area contributed by atoms with E-state index in [1.54, 1.807) is 12.1 Å². The number of halogens is 4. The molecule has 31 heavy (non-hydrogen) atoms. The molecule has 2 aromatic carbocycles. The Balaban J connectivity index is 1.33. The number of nitrogens with zero attached hydrogens (tertiary/aromatic N) is 3. The van der Waals surface area contributed by atoms with Gasteiger partial charge in [0.1, 0.15) is 5.82 Å². The molecular formula is C21H18F4N4O2. The molecule has 1 atom stereocenters. The molecule has 1 aromatic heterocycles. The molecule has 1 aliphatic heterocycles. The Morgan fingerprint density at radius 2 is 1.84 bits per heavy atom. The van der Waals surface area contributed by atoms with Crippen molar-refractivity contribution >= 4 is 5.91 Å². The molecule has 10 heteroatoms. The second-order valence-corrected chi connectivity index (χ2v) is 7.32. The summed E-state index contributed by atoms with van der Waals surface area (Å²) < 4.78 is 55.0. The van der Waals surface area contributed by atoms with E-state index >= 15 is 0 Å². The molecule has 1 unspecified atom stereocenters. The zero-order valence-corrected chi connectivity index (χ0v) is 16.2. The van der Waals surface area contributed by atoms with Crippen LogP contribution < -0.4 is 5.32 Å². The summed E-state index contributed by atoms with van der Waals surface area (Å²) in [5.41, 5.74) is 1.68. The maximum atomic E-state index is 13.0. The third-order valence-electron chi connectivity index (χ3n) is 5.00. The van der Waals surface area contributed by atoms with E-state index in [2.05, 4.69) is 24.9 Å². The molecule has 1 fully saturated rings. The van der Waals surface area contributed by atoms with Crippen LogP contribution in [0.3, 0.4) is 0 Å². The number of nitrogens with one attached hydrogen (secondary N) is 1. The Hall–Kier alpha value is -3.27. The Labute approximate surface area is 174 Å². The lowest BCUT2D eigenvalue weighted by molar-refractivity contribution is -0.159. The Kier molecular flexibility index (Phi) is 5.73. The monoisotopic (exact) mass is 432 g/mol. The number of hydrogen-bond acceptors (Lipinski definition) is 5. The number of benzene rings is 2. The van der Waals surface area contributed by atoms with Gasteiger partial charge in [-0.25, -0.2) is 4.39 Å². The van der Waals surface area contributed by atoms with E-state index in [0.29, 0.717) is 24.2 Å². The minimum atomic E-state index is -4.71. The van der Waals surface area contributed by atoms with Gasteiger partial charge in [0.05, 0.1) is 0 Å². The van der Waals surface area contributed by atoms with Gasteiger partial charge in [-0.05, 0) is 36.2 Å². The summed E-state index contributed by atoms with van der Waals surface area (Å²) in [5.74, 6) is -2.17. The highest BCUT2D eigenvalue weighted by atomic mass is 19.3. The van der Waals surface area contributed by atoms with E-state index in [-0.39, 0.29) is 23.6 Å². The van der Waals surface area contributed by atoms with Crippen molar-refractivity contribution in [1.29, 1.82) is 0 Å². The average Bonchev–Trinajstić information content (AvgIpc) is 3.40. The first-order chi connectivity index (χ1) is 14.8. The van der Waals surface area contributed by atoms with Gasteiger partial charge in [0.15, 0.2) is 0 Å². The highest BCUT2D eigenvalue weighted by molar-refractivity contribution is 5.94. The molecule has 3 aromatic rings. The fraction of sp³-hybridized carbons (Fsp3) is 0.286. The molecule has 0 saturated carbocycles. The van der Waals surface area contributed by atoms with Crippen molar-refractivity contribution in [2.75, 3.05) is 13.1 Å². The highest BCUT2D eigenvalue weighted by Crippen LogP contribution is 2.29. The van der Waals surface area contributed by atoms with Gasteiger partial charge in [0.2, 0.25) is 5.82 Å². The molecule has 0 radical (unpaired) electrons. The SMILES string of the molecule is O=C(NC1CCN(Cc2ccc([18F])cc2)C1)c1ccc(-c2noc(C(F)(F)[18F])n2)cc1. The van der Waals surface area contributed by atoms with Crippen LogP contribution in [-0.4, -0.2) is 40.1 Å². The Morgan fingerprint density at radius 3 is 2.48 bits per heavy atom. The van der Waals surface area contributed by atoms with Gasteiger partial charge >= 0.3 is 12.1 Å². The van der Waals surface area contributed by atoms with Gasteiger partial charge in [-0.1, -0.05) is 29.4 Å². The van der Waals surface area contributed by atoms with Gasteiger partial charge < -0.3 is 9.84 Å². The predicted octanol–water partition coefficient (Wildman–Crippen LogP) is 3.90. The zero-order chi connectivity index (χ0) is 22.0. The number of carbonyl (C=O) groups excluding carboxylic acids is 1. The molecular weight excluding hydrogens is 414 g/mol. The summed E-state index contributed by atoms with van der Waals surface area (Å²) in [5, 5.41) is 6.29. The number of alkyl halides is 3. The number of rotatable bonds is 5. The number of amides is 1. The van der Waals surface area contributed by atoms with Crippen LogP contribution in [-0.2, 0) is 12.7 Å². The quantitative estimate of drug-likeness (QED) is 0.620. The van der Waals surface area contributed by atoms with Crippen molar-refractivity contribution in [3.63, 3.8) is 0 Å². The summed E-state index contributed by atoms with van der Waals surface area (Å²) >= 11 is 0. The molecule has 6 nitrogen and oxygen atoms in total. The Morgan fingerprint density at radius 1 is 1.13 bits per heavy atom. The smallest absolute Gasteiger partial charge is 0.348 e. The molecule has 0 aliphatic carbocycles. The van der Waals surface area contributed by atoms with Crippen molar-refractivity contribution < 1.29 is 26.9 Å². The highest BCUT2D eigenvalue weighted by Gasteiger charge is 2.38. The van der Waals surface area contributed by atoms with Gasteiger partial charge in [0, 0.05) is 36.8 Å². The van der Waals surface area contributed by atoms with Crippen molar-refractivity contribution in [3.8, 4) is 11.4 Å². The van der Waals surface area contributed by atoms with E-state index in [4.69, 9.17) is 0 Å². The lowest BCUT2D eigenvalue weighted by Gasteiger charge is -2.17. The van der Waals surface area contributed by atoms with Crippen LogP contribution in [0.1, 0.15) is 28.2 Å². The normalized spacial score (nSPS) is 17.1. The molecule has 0 bridgehead atoms. The standard InChI is InChI=1S/C21H18F4N4O2/c22-16-7-1-13(2-8-16)11-29-10-9-17(12-29)26-19(30)15-5-3-14(4-6-15)18-27-20(31-28-18)21(23,24)25/h1-8,17H,9-12H2,(H,26,30)/i22-1,23-1. The van der Waals surface area contributed by atoms with Crippen molar-refractivity contribution in [2.24, 2.45) is 0 Å². The molecule has 4 rings (SSSR count). The van der Waals surface area contributed by atoms with Crippen LogP contribution in [0.25, 0.3) is 11.4 Å². The van der Waals surface area contributed by atoms with E-state index in [0.717, 1.165) is 18.5 Å². The van der Waals surface area contributed by atoms with Gasteiger partial charge in [0.25, 0.3) is 5.91 Å². The van der Waals surface area contributed by atoms with E-state index < -0.39 is 12.1 Å². The first-order valence-electron chi connectivity index (χ1n) is 9.57. The number of likely N-dealkylation sites (tertiary alicyclic amines) is 1. The summed E-state index contributed by atoms with van der Waals surface area (Å²) in [7, 11) is 0. The van der Waals surface area contributed by atoms with Gasteiger partial charge in [-0.2, -0.15) is 18.2 Å². The van der Waals surface area contributed by atoms with E-state index in [1.807, 2.05) is 0 Å². The van der Waals surface area contributed by atoms with Crippen LogP contribution in [0.15, 0.2) is 53.1 Å². The van der Waals surface area contributed by atoms with Crippen molar-refractivity contribution in [2.45, 2.75) is 25.2 Å². The van der Waals surface area contributed by atoms with Gasteiger partial charge in [-0.15, -0.1) is 0 Å². The number of carbonyl (C=O) groups is 1. The summed E-state index contributed by atoms with van der Waals surface area (Å²) in [6.45, 7) is 2.15. The third-order valence-corrected chi connectivity index (χ3v) is 5.00. The van der Waals surface area contributed by atoms with E-state index in [1.165, 1.54) is 36.4 Å². The maximum absolute atomic E-state index is 13.0. The van der Waals surface area contributed by atoms with Crippen LogP contribution in [0.4, 0.5) is 17.6 Å². The van der Waals surface area contributed by atoms with Crippen LogP contribution in [0, 0.1) is 5.82 Å². The summed E-state index contributed by atoms with van der Waals surface area (Å²) in [6.07, 6.45) is -3.93. The summed E-state index contributed by atoms with van der Waals surface area (Å²) in [4.78, 5) is 18.0. The average molecular weight is 432 g/mol. The van der Waals surface area contributed by atoms with Crippen LogP contribution in [0.5, 0.6) is 0 Å². The van der Waals surface area contributed by atoms with Crippen molar-refractivity contribution in [1.82, 2.24) is 20.4 Å². The predicted molar refractivity (Wildman–Crippen MR) is 102 cm³/mol. The minimum Gasteiger partial charge on any atom is -0.348 e. The maximum Gasteiger partial charge on any atom is 0.471 e. The lowest BCUT2D eigenvalue weighted by atomic mass is 10.1. The molecule has 1 N–H and O–H groups in total. The fourth-order valence-corrected chi connectivity index (χ4v) is 3.44. The zero-order valence-electron chi connectivity index (χ0n) is 16.2. The van der Waals surface area contributed by atoms with E-state index in [9.17, 15) is 22.4 Å². The Bertz CT molecular complexity index is 1050. The largest absolute Gasteiger partial charge is 0.471 e.